The van der Waals surface area contributed by atoms with E-state index in [4.69, 9.17) is 37.4 Å². The Morgan fingerprint density at radius 2 is 1.71 bits per heavy atom. The monoisotopic (exact) mass is 499 g/mol. The summed E-state index contributed by atoms with van der Waals surface area (Å²) in [4.78, 5) is 12.3. The van der Waals surface area contributed by atoms with E-state index in [-0.39, 0.29) is 12.5 Å². The quantitative estimate of drug-likeness (QED) is 0.220. The van der Waals surface area contributed by atoms with Gasteiger partial charge >= 0.3 is 0 Å². The summed E-state index contributed by atoms with van der Waals surface area (Å²) in [5.74, 6) is 1.62. The number of rotatable bonds is 11. The number of ether oxygens (including phenoxy) is 3. The molecule has 3 rings (SSSR count). The Balaban J connectivity index is 1.58. The lowest BCUT2D eigenvalue weighted by atomic mass is 10.2. The molecule has 3 aromatic rings. The zero-order valence-corrected chi connectivity index (χ0v) is 20.7. The molecule has 0 saturated carbocycles. The molecular formula is C27H27Cl2NO4. The number of halogens is 2. The summed E-state index contributed by atoms with van der Waals surface area (Å²) in [5, 5.41) is 3.91. The maximum absolute atomic E-state index is 12.3. The zero-order valence-electron chi connectivity index (χ0n) is 19.1. The molecule has 3 aromatic carbocycles. The van der Waals surface area contributed by atoms with Gasteiger partial charge in [-0.15, -0.1) is 0 Å². The van der Waals surface area contributed by atoms with Crippen LogP contribution >= 0.6 is 23.2 Å². The fraction of sp³-hybridized carbons (Fsp3) is 0.222. The average Bonchev–Trinajstić information content (AvgIpc) is 2.84. The van der Waals surface area contributed by atoms with Crippen molar-refractivity contribution >= 4 is 40.9 Å². The molecule has 0 heterocycles. The number of unbranched alkanes of at least 4 members (excludes halogenated alkanes) is 1. The molecule has 1 amide bonds. The minimum Gasteiger partial charge on any atom is -0.494 e. The summed E-state index contributed by atoms with van der Waals surface area (Å²) in [5.41, 5.74) is 2.18. The van der Waals surface area contributed by atoms with Crippen LogP contribution in [-0.2, 0) is 11.4 Å². The molecule has 0 unspecified atom stereocenters. The van der Waals surface area contributed by atoms with Crippen LogP contribution in [-0.4, -0.2) is 19.6 Å². The molecule has 0 fully saturated rings. The van der Waals surface area contributed by atoms with Crippen LogP contribution in [0.2, 0.25) is 10.0 Å². The lowest BCUT2D eigenvalue weighted by Crippen LogP contribution is -2.07. The van der Waals surface area contributed by atoms with Gasteiger partial charge in [-0.3, -0.25) is 4.79 Å². The van der Waals surface area contributed by atoms with Gasteiger partial charge in [0.2, 0.25) is 5.91 Å². The molecule has 0 spiro atoms. The lowest BCUT2D eigenvalue weighted by molar-refractivity contribution is -0.111. The first-order chi connectivity index (χ1) is 16.5. The van der Waals surface area contributed by atoms with Crippen LogP contribution in [0.25, 0.3) is 6.08 Å². The minimum atomic E-state index is -0.243. The summed E-state index contributed by atoms with van der Waals surface area (Å²) in [6.45, 7) is 3.01. The second kappa shape index (κ2) is 12.9. The van der Waals surface area contributed by atoms with E-state index < -0.39 is 0 Å². The Bertz CT molecular complexity index is 1110. The molecule has 0 aliphatic heterocycles. The van der Waals surface area contributed by atoms with Crippen LogP contribution in [0.1, 0.15) is 30.9 Å². The van der Waals surface area contributed by atoms with Gasteiger partial charge in [0.1, 0.15) is 12.4 Å². The molecule has 0 atom stereocenters. The van der Waals surface area contributed by atoms with Gasteiger partial charge in [-0.05, 0) is 66.6 Å². The van der Waals surface area contributed by atoms with E-state index in [1.807, 2.05) is 30.3 Å². The fourth-order valence-electron chi connectivity index (χ4n) is 3.05. The number of anilines is 1. The van der Waals surface area contributed by atoms with E-state index in [2.05, 4.69) is 12.2 Å². The van der Waals surface area contributed by atoms with Crippen molar-refractivity contribution in [2.45, 2.75) is 26.4 Å². The van der Waals surface area contributed by atoms with Crippen molar-refractivity contribution in [1.29, 1.82) is 0 Å². The topological polar surface area (TPSA) is 56.8 Å². The molecular weight excluding hydrogens is 473 g/mol. The number of nitrogens with one attached hydrogen (secondary N) is 1. The summed E-state index contributed by atoms with van der Waals surface area (Å²) in [6.07, 6.45) is 5.26. The maximum atomic E-state index is 12.3. The Hall–Kier alpha value is -3.15. The highest BCUT2D eigenvalue weighted by Crippen LogP contribution is 2.31. The lowest BCUT2D eigenvalue weighted by Gasteiger charge is -2.13. The molecule has 0 radical (unpaired) electrons. The molecule has 0 saturated heterocycles. The van der Waals surface area contributed by atoms with Gasteiger partial charge < -0.3 is 19.5 Å². The number of hydrogen-bond donors (Lipinski definition) is 1. The summed E-state index contributed by atoms with van der Waals surface area (Å²) < 4.78 is 17.0. The Labute approximate surface area is 210 Å². The van der Waals surface area contributed by atoms with Crippen molar-refractivity contribution in [3.05, 3.63) is 87.9 Å². The van der Waals surface area contributed by atoms with Gasteiger partial charge in [-0.2, -0.15) is 0 Å². The molecule has 0 aliphatic carbocycles. The van der Waals surface area contributed by atoms with Crippen LogP contribution in [0, 0.1) is 0 Å². The third-order valence-electron chi connectivity index (χ3n) is 4.94. The number of carbonyl (C=O) groups is 1. The Morgan fingerprint density at radius 3 is 2.38 bits per heavy atom. The smallest absolute Gasteiger partial charge is 0.248 e. The van der Waals surface area contributed by atoms with Crippen LogP contribution in [0.4, 0.5) is 5.69 Å². The van der Waals surface area contributed by atoms with Crippen LogP contribution in [0.3, 0.4) is 0 Å². The fourth-order valence-corrected chi connectivity index (χ4v) is 3.56. The highest BCUT2D eigenvalue weighted by atomic mass is 35.5. The number of benzene rings is 3. The maximum Gasteiger partial charge on any atom is 0.248 e. The van der Waals surface area contributed by atoms with Crippen molar-refractivity contribution in [3.8, 4) is 17.2 Å². The van der Waals surface area contributed by atoms with Crippen LogP contribution in [0.5, 0.6) is 17.2 Å². The van der Waals surface area contributed by atoms with Gasteiger partial charge in [-0.1, -0.05) is 48.7 Å². The molecule has 0 aliphatic rings. The van der Waals surface area contributed by atoms with Crippen molar-refractivity contribution in [2.24, 2.45) is 0 Å². The largest absolute Gasteiger partial charge is 0.494 e. The predicted molar refractivity (Wildman–Crippen MR) is 138 cm³/mol. The van der Waals surface area contributed by atoms with Crippen LogP contribution < -0.4 is 19.5 Å². The second-order valence-corrected chi connectivity index (χ2v) is 8.26. The second-order valence-electron chi connectivity index (χ2n) is 7.45. The van der Waals surface area contributed by atoms with Crippen molar-refractivity contribution in [2.75, 3.05) is 19.0 Å². The first-order valence-corrected chi connectivity index (χ1v) is 11.7. The summed E-state index contributed by atoms with van der Waals surface area (Å²) in [6, 6.07) is 18.0. The summed E-state index contributed by atoms with van der Waals surface area (Å²) in [7, 11) is 1.56. The van der Waals surface area contributed by atoms with Crippen molar-refractivity contribution < 1.29 is 19.0 Å². The number of carbonyl (C=O) groups excluding carboxylic acids is 1. The molecule has 0 bridgehead atoms. The van der Waals surface area contributed by atoms with Gasteiger partial charge in [0, 0.05) is 27.4 Å². The Kier molecular flexibility index (Phi) is 9.68. The molecule has 5 nitrogen and oxygen atoms in total. The highest BCUT2D eigenvalue weighted by Gasteiger charge is 2.10. The van der Waals surface area contributed by atoms with E-state index in [0.29, 0.717) is 39.4 Å². The molecule has 1 N–H and O–H groups in total. The Morgan fingerprint density at radius 1 is 0.971 bits per heavy atom. The van der Waals surface area contributed by atoms with E-state index in [1.54, 1.807) is 43.5 Å². The molecule has 34 heavy (non-hydrogen) atoms. The van der Waals surface area contributed by atoms with E-state index in [9.17, 15) is 4.79 Å². The molecule has 0 aromatic heterocycles. The number of hydrogen-bond acceptors (Lipinski definition) is 4. The number of amides is 1. The third-order valence-corrected chi connectivity index (χ3v) is 5.65. The van der Waals surface area contributed by atoms with Gasteiger partial charge in [0.05, 0.1) is 13.7 Å². The van der Waals surface area contributed by atoms with Crippen LogP contribution in [0.15, 0.2) is 66.7 Å². The van der Waals surface area contributed by atoms with Gasteiger partial charge in [-0.25, -0.2) is 0 Å². The predicted octanol–water partition coefficient (Wildman–Crippen LogP) is 7.41. The molecule has 178 valence electrons. The van der Waals surface area contributed by atoms with Crippen molar-refractivity contribution in [1.82, 2.24) is 0 Å². The number of methoxy groups -OCH3 is 1. The van der Waals surface area contributed by atoms with E-state index in [1.165, 1.54) is 6.08 Å². The first kappa shape index (κ1) is 25.5. The average molecular weight is 500 g/mol. The van der Waals surface area contributed by atoms with E-state index >= 15 is 0 Å². The standard InChI is InChI=1S/C27H27Cl2NO4/c1-3-4-16-33-21-12-10-20(11-13-21)30-27(31)15-9-19-8-14-25(26(17-19)32-2)34-18-22-23(28)6-5-7-24(22)29/h5-15,17H,3-4,16,18H2,1-2H3,(H,30,31). The van der Waals surface area contributed by atoms with Crippen molar-refractivity contribution in [3.63, 3.8) is 0 Å². The van der Waals surface area contributed by atoms with E-state index in [0.717, 1.165) is 24.2 Å². The minimum absolute atomic E-state index is 0.203. The third kappa shape index (κ3) is 7.44. The normalized spacial score (nSPS) is 10.8. The van der Waals surface area contributed by atoms with Gasteiger partial charge in [0.15, 0.2) is 11.5 Å². The zero-order chi connectivity index (χ0) is 24.3. The summed E-state index contributed by atoms with van der Waals surface area (Å²) >= 11 is 12.4. The SMILES string of the molecule is CCCCOc1ccc(NC(=O)C=Cc2ccc(OCc3c(Cl)cccc3Cl)c(OC)c2)cc1. The molecule has 7 heteroatoms. The van der Waals surface area contributed by atoms with Gasteiger partial charge in [0.25, 0.3) is 0 Å². The highest BCUT2D eigenvalue weighted by molar-refractivity contribution is 6.35. The first-order valence-electron chi connectivity index (χ1n) is 11.0.